The Morgan fingerprint density at radius 2 is 1.44 bits per heavy atom. The predicted molar refractivity (Wildman–Crippen MR) is 66.1 cm³/mol. The molecule has 6 heteroatoms. The van der Waals surface area contributed by atoms with Gasteiger partial charge in [-0.1, -0.05) is 0 Å². The van der Waals surface area contributed by atoms with Crippen LogP contribution in [0.25, 0.3) is 0 Å². The predicted octanol–water partition coefficient (Wildman–Crippen LogP) is -0.177. The second-order valence-corrected chi connectivity index (χ2v) is 4.24. The normalized spacial score (nSPS) is 23.4. The third kappa shape index (κ3) is 5.46. The van der Waals surface area contributed by atoms with Crippen LogP contribution in [0, 0.1) is 0 Å². The van der Waals surface area contributed by atoms with E-state index in [0.717, 1.165) is 0 Å². The molecule has 104 valence electrons. The Kier molecular flexibility index (Phi) is 6.67. The summed E-state index contributed by atoms with van der Waals surface area (Å²) in [6, 6.07) is 0.0226. The summed E-state index contributed by atoms with van der Waals surface area (Å²) in [5, 5.41) is 6.47. The Hall–Kier alpha value is -1.14. The van der Waals surface area contributed by atoms with Crippen molar-refractivity contribution in [2.45, 2.75) is 38.8 Å². The summed E-state index contributed by atoms with van der Waals surface area (Å²) < 4.78 is 9.80. The molecule has 6 nitrogen and oxygen atoms in total. The highest BCUT2D eigenvalue weighted by Crippen LogP contribution is 2.04. The first kappa shape index (κ1) is 14.9. The molecule has 1 unspecified atom stereocenters. The lowest BCUT2D eigenvalue weighted by Crippen LogP contribution is -2.56. The average Bonchev–Trinajstić information content (AvgIpc) is 2.29. The Morgan fingerprint density at radius 1 is 1.00 bits per heavy atom. The van der Waals surface area contributed by atoms with Crippen molar-refractivity contribution in [1.82, 2.24) is 10.6 Å². The zero-order chi connectivity index (χ0) is 13.4. The van der Waals surface area contributed by atoms with Gasteiger partial charge in [-0.15, -0.1) is 0 Å². The first-order valence-electron chi connectivity index (χ1n) is 6.43. The summed E-state index contributed by atoms with van der Waals surface area (Å²) >= 11 is 0. The van der Waals surface area contributed by atoms with Gasteiger partial charge in [0.25, 0.3) is 0 Å². The van der Waals surface area contributed by atoms with E-state index in [1.165, 1.54) is 0 Å². The molecule has 0 aromatic heterocycles. The van der Waals surface area contributed by atoms with Gasteiger partial charge < -0.3 is 20.1 Å². The minimum Gasteiger partial charge on any atom is -0.466 e. The SMILES string of the molecule is CCOC(=O)CC1CNC[C@@H](CC(=O)OCC)N1. The second kappa shape index (κ2) is 8.05. The lowest BCUT2D eigenvalue weighted by molar-refractivity contribution is -0.143. The highest BCUT2D eigenvalue weighted by Gasteiger charge is 2.25. The van der Waals surface area contributed by atoms with E-state index in [1.807, 2.05) is 0 Å². The number of rotatable bonds is 6. The number of esters is 2. The van der Waals surface area contributed by atoms with Gasteiger partial charge in [-0.25, -0.2) is 0 Å². The molecule has 0 bridgehead atoms. The van der Waals surface area contributed by atoms with Crippen LogP contribution in [0.2, 0.25) is 0 Å². The Bertz CT molecular complexity index is 257. The third-order valence-electron chi connectivity index (χ3n) is 2.69. The van der Waals surface area contributed by atoms with E-state index < -0.39 is 0 Å². The number of piperazine rings is 1. The maximum Gasteiger partial charge on any atom is 0.307 e. The van der Waals surface area contributed by atoms with Crippen LogP contribution >= 0.6 is 0 Å². The first-order chi connectivity index (χ1) is 8.65. The van der Waals surface area contributed by atoms with E-state index >= 15 is 0 Å². The van der Waals surface area contributed by atoms with Crippen molar-refractivity contribution in [2.75, 3.05) is 26.3 Å². The summed E-state index contributed by atoms with van der Waals surface area (Å²) in [5.74, 6) is -0.429. The molecule has 0 saturated carbocycles. The topological polar surface area (TPSA) is 76.7 Å². The summed E-state index contributed by atoms with van der Waals surface area (Å²) in [5.41, 5.74) is 0. The van der Waals surface area contributed by atoms with Crippen LogP contribution in [-0.4, -0.2) is 50.3 Å². The van der Waals surface area contributed by atoms with Crippen LogP contribution in [-0.2, 0) is 19.1 Å². The van der Waals surface area contributed by atoms with Gasteiger partial charge in [-0.2, -0.15) is 0 Å². The lowest BCUT2D eigenvalue weighted by Gasteiger charge is -2.30. The fourth-order valence-electron chi connectivity index (χ4n) is 1.99. The molecular formula is C12H22N2O4. The summed E-state index contributed by atoms with van der Waals surface area (Å²) in [7, 11) is 0. The molecule has 18 heavy (non-hydrogen) atoms. The molecule has 0 spiro atoms. The smallest absolute Gasteiger partial charge is 0.307 e. The van der Waals surface area contributed by atoms with Gasteiger partial charge in [0.15, 0.2) is 0 Å². The van der Waals surface area contributed by atoms with Gasteiger partial charge in [-0.05, 0) is 13.8 Å². The molecule has 0 aliphatic carbocycles. The van der Waals surface area contributed by atoms with Crippen molar-refractivity contribution < 1.29 is 19.1 Å². The fraction of sp³-hybridized carbons (Fsp3) is 0.833. The maximum absolute atomic E-state index is 11.4. The molecular weight excluding hydrogens is 236 g/mol. The van der Waals surface area contributed by atoms with Gasteiger partial charge in [0.2, 0.25) is 0 Å². The van der Waals surface area contributed by atoms with E-state index in [2.05, 4.69) is 10.6 Å². The Balaban J connectivity index is 2.31. The maximum atomic E-state index is 11.4. The first-order valence-corrected chi connectivity index (χ1v) is 6.43. The average molecular weight is 258 g/mol. The van der Waals surface area contributed by atoms with Crippen LogP contribution in [0.4, 0.5) is 0 Å². The third-order valence-corrected chi connectivity index (χ3v) is 2.69. The Labute approximate surface area is 107 Å². The molecule has 1 heterocycles. The Morgan fingerprint density at radius 3 is 1.83 bits per heavy atom. The van der Waals surface area contributed by atoms with Crippen molar-refractivity contribution in [1.29, 1.82) is 0 Å². The number of carbonyl (C=O) groups excluding carboxylic acids is 2. The van der Waals surface area contributed by atoms with E-state index in [-0.39, 0.29) is 24.0 Å². The quantitative estimate of drug-likeness (QED) is 0.644. The number of ether oxygens (including phenoxy) is 2. The highest BCUT2D eigenvalue weighted by atomic mass is 16.5. The van der Waals surface area contributed by atoms with Crippen molar-refractivity contribution in [2.24, 2.45) is 0 Å². The molecule has 1 aliphatic rings. The number of hydrogen-bond donors (Lipinski definition) is 2. The van der Waals surface area contributed by atoms with Gasteiger partial charge in [-0.3, -0.25) is 9.59 Å². The molecule has 1 rings (SSSR count). The molecule has 1 aliphatic heterocycles. The minimum absolute atomic E-state index is 0.0113. The van der Waals surface area contributed by atoms with Gasteiger partial charge in [0.05, 0.1) is 26.1 Å². The zero-order valence-electron chi connectivity index (χ0n) is 11.0. The van der Waals surface area contributed by atoms with Gasteiger partial charge >= 0.3 is 11.9 Å². The summed E-state index contributed by atoms with van der Waals surface area (Å²) in [4.78, 5) is 22.7. The molecule has 0 aromatic carbocycles. The monoisotopic (exact) mass is 258 g/mol. The van der Waals surface area contributed by atoms with Crippen molar-refractivity contribution in [3.63, 3.8) is 0 Å². The molecule has 0 radical (unpaired) electrons. The van der Waals surface area contributed by atoms with Gasteiger partial charge in [0, 0.05) is 25.2 Å². The van der Waals surface area contributed by atoms with E-state index in [1.54, 1.807) is 13.8 Å². The van der Waals surface area contributed by atoms with E-state index in [4.69, 9.17) is 9.47 Å². The molecule has 2 N–H and O–H groups in total. The van der Waals surface area contributed by atoms with Crippen molar-refractivity contribution >= 4 is 11.9 Å². The fourth-order valence-corrected chi connectivity index (χ4v) is 1.99. The molecule has 0 amide bonds. The van der Waals surface area contributed by atoms with E-state index in [0.29, 0.717) is 39.1 Å². The van der Waals surface area contributed by atoms with Crippen molar-refractivity contribution in [3.05, 3.63) is 0 Å². The van der Waals surface area contributed by atoms with Crippen molar-refractivity contribution in [3.8, 4) is 0 Å². The zero-order valence-corrected chi connectivity index (χ0v) is 11.0. The molecule has 1 fully saturated rings. The van der Waals surface area contributed by atoms with Crippen LogP contribution < -0.4 is 10.6 Å². The second-order valence-electron chi connectivity index (χ2n) is 4.24. The highest BCUT2D eigenvalue weighted by molar-refractivity contribution is 5.71. The number of hydrogen-bond acceptors (Lipinski definition) is 6. The van der Waals surface area contributed by atoms with Gasteiger partial charge in [0.1, 0.15) is 0 Å². The molecule has 2 atom stereocenters. The van der Waals surface area contributed by atoms with Crippen LogP contribution in [0.3, 0.4) is 0 Å². The van der Waals surface area contributed by atoms with Crippen LogP contribution in [0.5, 0.6) is 0 Å². The lowest BCUT2D eigenvalue weighted by atomic mass is 10.1. The standard InChI is InChI=1S/C12H22N2O4/c1-3-17-11(15)5-9-7-13-8-10(14-9)6-12(16)18-4-2/h9-10,13-14H,3-8H2,1-2H3/t9-,10?/m1/s1. The summed E-state index contributed by atoms with van der Waals surface area (Å²) in [6.07, 6.45) is 0.639. The minimum atomic E-state index is -0.214. The number of nitrogens with one attached hydrogen (secondary N) is 2. The van der Waals surface area contributed by atoms with Crippen LogP contribution in [0.1, 0.15) is 26.7 Å². The van der Waals surface area contributed by atoms with Crippen LogP contribution in [0.15, 0.2) is 0 Å². The largest absolute Gasteiger partial charge is 0.466 e. The number of carbonyl (C=O) groups is 2. The van der Waals surface area contributed by atoms with E-state index in [9.17, 15) is 9.59 Å². The molecule has 1 saturated heterocycles. The summed E-state index contributed by atoms with van der Waals surface area (Å²) in [6.45, 7) is 5.77. The molecule has 0 aromatic rings.